The standard InChI is InChI=1S/C20H17BrN2O/c1-2-23(19-13-12-18(21)14-22-19)20(24)17-10-8-16(9-11-17)15-6-4-3-5-7-15/h3-14H,2H2,1H3. The molecule has 3 aromatic rings. The maximum absolute atomic E-state index is 12.8. The molecule has 0 spiro atoms. The molecule has 0 fully saturated rings. The molecule has 1 aromatic heterocycles. The quantitative estimate of drug-likeness (QED) is 0.624. The Balaban J connectivity index is 1.85. The Hall–Kier alpha value is -2.46. The van der Waals surface area contributed by atoms with Gasteiger partial charge in [0.1, 0.15) is 5.82 Å². The van der Waals surface area contributed by atoms with Crippen LogP contribution in [-0.2, 0) is 0 Å². The van der Waals surface area contributed by atoms with E-state index in [9.17, 15) is 4.79 Å². The van der Waals surface area contributed by atoms with E-state index >= 15 is 0 Å². The van der Waals surface area contributed by atoms with Gasteiger partial charge in [-0.15, -0.1) is 0 Å². The minimum atomic E-state index is -0.0491. The number of carbonyl (C=O) groups excluding carboxylic acids is 1. The lowest BCUT2D eigenvalue weighted by molar-refractivity contribution is 0.0987. The molecule has 0 unspecified atom stereocenters. The number of hydrogen-bond acceptors (Lipinski definition) is 2. The second-order valence-electron chi connectivity index (χ2n) is 5.33. The number of benzene rings is 2. The number of rotatable bonds is 4. The number of anilines is 1. The van der Waals surface area contributed by atoms with Crippen molar-refractivity contribution < 1.29 is 4.79 Å². The summed E-state index contributed by atoms with van der Waals surface area (Å²) in [5.74, 6) is 0.602. The Labute approximate surface area is 150 Å². The van der Waals surface area contributed by atoms with E-state index in [1.807, 2.05) is 61.5 Å². The van der Waals surface area contributed by atoms with Gasteiger partial charge in [0.15, 0.2) is 0 Å². The first-order chi connectivity index (χ1) is 11.7. The molecule has 1 amide bonds. The van der Waals surface area contributed by atoms with Gasteiger partial charge in [-0.2, -0.15) is 0 Å². The molecule has 0 saturated carbocycles. The summed E-state index contributed by atoms with van der Waals surface area (Å²) in [6.45, 7) is 2.51. The van der Waals surface area contributed by atoms with Gasteiger partial charge in [0.05, 0.1) is 0 Å². The highest BCUT2D eigenvalue weighted by Crippen LogP contribution is 2.21. The first-order valence-corrected chi connectivity index (χ1v) is 8.57. The zero-order valence-electron chi connectivity index (χ0n) is 13.3. The summed E-state index contributed by atoms with van der Waals surface area (Å²) in [5, 5.41) is 0. The van der Waals surface area contributed by atoms with Gasteiger partial charge in [-0.05, 0) is 58.2 Å². The van der Waals surface area contributed by atoms with Gasteiger partial charge in [-0.3, -0.25) is 9.69 Å². The van der Waals surface area contributed by atoms with Crippen molar-refractivity contribution in [3.8, 4) is 11.1 Å². The lowest BCUT2D eigenvalue weighted by Crippen LogP contribution is -2.31. The molecule has 3 rings (SSSR count). The average Bonchev–Trinajstić information content (AvgIpc) is 2.64. The van der Waals surface area contributed by atoms with Gasteiger partial charge in [-0.1, -0.05) is 42.5 Å². The first-order valence-electron chi connectivity index (χ1n) is 7.78. The van der Waals surface area contributed by atoms with Crippen molar-refractivity contribution in [3.05, 3.63) is 83.0 Å². The second kappa shape index (κ2) is 7.41. The molecule has 0 saturated heterocycles. The van der Waals surface area contributed by atoms with E-state index in [1.54, 1.807) is 11.1 Å². The molecule has 3 nitrogen and oxygen atoms in total. The van der Waals surface area contributed by atoms with E-state index < -0.39 is 0 Å². The van der Waals surface area contributed by atoms with E-state index in [-0.39, 0.29) is 5.91 Å². The number of amides is 1. The maximum atomic E-state index is 12.8. The largest absolute Gasteiger partial charge is 0.293 e. The van der Waals surface area contributed by atoms with Crippen LogP contribution in [0.15, 0.2) is 77.4 Å². The highest BCUT2D eigenvalue weighted by molar-refractivity contribution is 9.10. The van der Waals surface area contributed by atoms with Gasteiger partial charge in [0.25, 0.3) is 5.91 Å². The Kier molecular flexibility index (Phi) is 5.06. The summed E-state index contributed by atoms with van der Waals surface area (Å²) in [6.07, 6.45) is 1.70. The van der Waals surface area contributed by atoms with Crippen LogP contribution in [0.5, 0.6) is 0 Å². The summed E-state index contributed by atoms with van der Waals surface area (Å²) in [5.41, 5.74) is 2.89. The molecule has 0 atom stereocenters. The predicted molar refractivity (Wildman–Crippen MR) is 101 cm³/mol. The molecule has 2 aromatic carbocycles. The van der Waals surface area contributed by atoms with Crippen molar-refractivity contribution in [1.29, 1.82) is 0 Å². The normalized spacial score (nSPS) is 10.4. The molecular formula is C20H17BrN2O. The fourth-order valence-electron chi connectivity index (χ4n) is 2.53. The molecule has 0 aliphatic carbocycles. The van der Waals surface area contributed by atoms with E-state index in [0.717, 1.165) is 15.6 Å². The summed E-state index contributed by atoms with van der Waals surface area (Å²) >= 11 is 3.36. The van der Waals surface area contributed by atoms with Crippen molar-refractivity contribution in [2.24, 2.45) is 0 Å². The van der Waals surface area contributed by atoms with Crippen LogP contribution in [-0.4, -0.2) is 17.4 Å². The third-order valence-corrected chi connectivity index (χ3v) is 4.26. The Bertz CT molecular complexity index is 815. The highest BCUT2D eigenvalue weighted by Gasteiger charge is 2.17. The van der Waals surface area contributed by atoms with E-state index in [2.05, 4.69) is 33.0 Å². The van der Waals surface area contributed by atoms with Gasteiger partial charge in [-0.25, -0.2) is 4.98 Å². The van der Waals surface area contributed by atoms with Gasteiger partial charge in [0, 0.05) is 22.8 Å². The molecule has 1 heterocycles. The Morgan fingerprint density at radius 3 is 2.21 bits per heavy atom. The van der Waals surface area contributed by atoms with Gasteiger partial charge < -0.3 is 0 Å². The summed E-state index contributed by atoms with van der Waals surface area (Å²) in [7, 11) is 0. The molecule has 0 aliphatic heterocycles. The molecule has 120 valence electrons. The Morgan fingerprint density at radius 2 is 1.62 bits per heavy atom. The highest BCUT2D eigenvalue weighted by atomic mass is 79.9. The zero-order chi connectivity index (χ0) is 16.9. The molecule has 0 aliphatic rings. The van der Waals surface area contributed by atoms with Crippen LogP contribution < -0.4 is 4.90 Å². The van der Waals surface area contributed by atoms with Crippen LogP contribution in [0.1, 0.15) is 17.3 Å². The van der Waals surface area contributed by atoms with Crippen molar-refractivity contribution >= 4 is 27.7 Å². The molecule has 0 N–H and O–H groups in total. The number of aromatic nitrogens is 1. The molecule has 0 radical (unpaired) electrons. The number of pyridine rings is 1. The van der Waals surface area contributed by atoms with E-state index in [4.69, 9.17) is 0 Å². The van der Waals surface area contributed by atoms with E-state index in [0.29, 0.717) is 17.9 Å². The zero-order valence-corrected chi connectivity index (χ0v) is 14.9. The summed E-state index contributed by atoms with van der Waals surface area (Å²) in [6, 6.07) is 21.5. The summed E-state index contributed by atoms with van der Waals surface area (Å²) < 4.78 is 0.891. The average molecular weight is 381 g/mol. The van der Waals surface area contributed by atoms with Crippen LogP contribution in [0.3, 0.4) is 0 Å². The molecular weight excluding hydrogens is 364 g/mol. The lowest BCUT2D eigenvalue weighted by Gasteiger charge is -2.20. The van der Waals surface area contributed by atoms with Gasteiger partial charge in [0.2, 0.25) is 0 Å². The minimum Gasteiger partial charge on any atom is -0.293 e. The van der Waals surface area contributed by atoms with E-state index in [1.165, 1.54) is 0 Å². The Morgan fingerprint density at radius 1 is 0.958 bits per heavy atom. The number of nitrogens with zero attached hydrogens (tertiary/aromatic N) is 2. The van der Waals surface area contributed by atoms with Crippen LogP contribution in [0.4, 0.5) is 5.82 Å². The van der Waals surface area contributed by atoms with Crippen molar-refractivity contribution in [3.63, 3.8) is 0 Å². The second-order valence-corrected chi connectivity index (χ2v) is 6.24. The molecule has 4 heteroatoms. The van der Waals surface area contributed by atoms with Crippen molar-refractivity contribution in [2.75, 3.05) is 11.4 Å². The third-order valence-electron chi connectivity index (χ3n) is 3.79. The molecule has 24 heavy (non-hydrogen) atoms. The number of halogens is 1. The predicted octanol–water partition coefficient (Wildman–Crippen LogP) is 5.18. The van der Waals surface area contributed by atoms with Crippen LogP contribution in [0.2, 0.25) is 0 Å². The fourth-order valence-corrected chi connectivity index (χ4v) is 2.76. The third kappa shape index (κ3) is 3.54. The van der Waals surface area contributed by atoms with Crippen molar-refractivity contribution in [2.45, 2.75) is 6.92 Å². The topological polar surface area (TPSA) is 33.2 Å². The SMILES string of the molecule is CCN(C(=O)c1ccc(-c2ccccc2)cc1)c1ccc(Br)cn1. The lowest BCUT2D eigenvalue weighted by atomic mass is 10.0. The molecule has 0 bridgehead atoms. The number of carbonyl (C=O) groups is 1. The smallest absolute Gasteiger partial charge is 0.259 e. The van der Waals surface area contributed by atoms with Crippen LogP contribution >= 0.6 is 15.9 Å². The van der Waals surface area contributed by atoms with Crippen LogP contribution in [0.25, 0.3) is 11.1 Å². The fraction of sp³-hybridized carbons (Fsp3) is 0.100. The van der Waals surface area contributed by atoms with Gasteiger partial charge >= 0.3 is 0 Å². The first kappa shape index (κ1) is 16.4. The van der Waals surface area contributed by atoms with Crippen molar-refractivity contribution in [1.82, 2.24) is 4.98 Å². The minimum absolute atomic E-state index is 0.0491. The monoisotopic (exact) mass is 380 g/mol. The maximum Gasteiger partial charge on any atom is 0.259 e. The number of hydrogen-bond donors (Lipinski definition) is 0. The summed E-state index contributed by atoms with van der Waals surface area (Å²) in [4.78, 5) is 18.8. The van der Waals surface area contributed by atoms with Crippen LogP contribution in [0, 0.1) is 0 Å².